The van der Waals surface area contributed by atoms with Crippen molar-refractivity contribution in [2.75, 3.05) is 0 Å². The number of nitriles is 1. The van der Waals surface area contributed by atoms with Crippen molar-refractivity contribution in [3.05, 3.63) is 76.5 Å². The normalized spacial score (nSPS) is 12.2. The lowest BCUT2D eigenvalue weighted by molar-refractivity contribution is -0.192. The Hall–Kier alpha value is -4.17. The molecule has 3 N–H and O–H groups in total. The van der Waals surface area contributed by atoms with Crippen LogP contribution < -0.4 is 10.6 Å². The van der Waals surface area contributed by atoms with E-state index in [1.165, 1.54) is 11.1 Å². The molecule has 1 amide bonds. The molecule has 1 aliphatic heterocycles. The number of hydrogen-bond acceptors (Lipinski definition) is 5. The van der Waals surface area contributed by atoms with Crippen molar-refractivity contribution >= 4 is 11.9 Å². The second-order valence-corrected chi connectivity index (χ2v) is 7.42. The fraction of sp³-hybridized carbons (Fsp3) is 0.217. The number of aliphatic carboxylic acids is 1. The van der Waals surface area contributed by atoms with E-state index in [1.54, 1.807) is 29.9 Å². The molecule has 0 spiro atoms. The van der Waals surface area contributed by atoms with Crippen LogP contribution in [0.25, 0.3) is 11.3 Å². The first-order valence-electron chi connectivity index (χ1n) is 10.0. The number of halogens is 3. The predicted molar refractivity (Wildman–Crippen MR) is 115 cm³/mol. The quantitative estimate of drug-likeness (QED) is 0.538. The molecule has 0 unspecified atom stereocenters. The van der Waals surface area contributed by atoms with Crippen LogP contribution in [0.3, 0.4) is 0 Å². The van der Waals surface area contributed by atoms with Gasteiger partial charge in [-0.2, -0.15) is 23.5 Å². The third-order valence-corrected chi connectivity index (χ3v) is 5.02. The SMILES string of the molecule is Cn1nc(-c2ccc(C#N)cc2)cc1C(=O)NCc1ccc2c(c1)CNC2.O=C(O)C(F)(F)F. The molecule has 1 aliphatic rings. The van der Waals surface area contributed by atoms with Crippen LogP contribution in [0.15, 0.2) is 48.5 Å². The highest BCUT2D eigenvalue weighted by atomic mass is 19.4. The van der Waals surface area contributed by atoms with Gasteiger partial charge in [0.15, 0.2) is 0 Å². The number of carbonyl (C=O) groups excluding carboxylic acids is 1. The number of benzene rings is 2. The topological polar surface area (TPSA) is 120 Å². The van der Waals surface area contributed by atoms with Crippen molar-refractivity contribution in [2.45, 2.75) is 25.8 Å². The standard InChI is InChI=1S/C21H19N5O.C2HF3O2/c1-26-20(9-19(25-26)16-5-2-14(10-22)3-6-16)21(27)24-11-15-4-7-17-12-23-13-18(17)8-15;3-2(4,5)1(6)7/h2-9,23H,11-13H2,1H3,(H,24,27);(H,6,7). The highest BCUT2D eigenvalue weighted by Gasteiger charge is 2.38. The summed E-state index contributed by atoms with van der Waals surface area (Å²) in [4.78, 5) is 21.5. The van der Waals surface area contributed by atoms with Crippen molar-refractivity contribution in [3.8, 4) is 17.3 Å². The smallest absolute Gasteiger partial charge is 0.475 e. The number of nitrogens with zero attached hydrogens (tertiary/aromatic N) is 3. The van der Waals surface area contributed by atoms with Crippen molar-refractivity contribution in [1.82, 2.24) is 20.4 Å². The fourth-order valence-corrected chi connectivity index (χ4v) is 3.27. The van der Waals surface area contributed by atoms with Crippen LogP contribution >= 0.6 is 0 Å². The van der Waals surface area contributed by atoms with E-state index in [4.69, 9.17) is 15.2 Å². The van der Waals surface area contributed by atoms with E-state index < -0.39 is 12.1 Å². The van der Waals surface area contributed by atoms with Gasteiger partial charge >= 0.3 is 12.1 Å². The summed E-state index contributed by atoms with van der Waals surface area (Å²) in [5.41, 5.74) is 6.37. The number of amides is 1. The van der Waals surface area contributed by atoms with Gasteiger partial charge in [0.1, 0.15) is 5.69 Å². The van der Waals surface area contributed by atoms with E-state index in [9.17, 15) is 18.0 Å². The summed E-state index contributed by atoms with van der Waals surface area (Å²) in [7, 11) is 1.75. The fourth-order valence-electron chi connectivity index (χ4n) is 3.27. The maximum Gasteiger partial charge on any atom is 0.490 e. The minimum Gasteiger partial charge on any atom is -0.475 e. The number of carboxylic acid groups (broad SMARTS) is 1. The van der Waals surface area contributed by atoms with Gasteiger partial charge in [-0.3, -0.25) is 9.48 Å². The number of fused-ring (bicyclic) bond motifs is 1. The average Bonchev–Trinajstić information content (AvgIpc) is 3.43. The molecule has 2 heterocycles. The van der Waals surface area contributed by atoms with Gasteiger partial charge in [-0.25, -0.2) is 4.79 Å². The molecular formula is C23H20F3N5O3. The molecule has 0 radical (unpaired) electrons. The summed E-state index contributed by atoms with van der Waals surface area (Å²) in [5, 5.41) is 26.7. The highest BCUT2D eigenvalue weighted by molar-refractivity contribution is 5.93. The van der Waals surface area contributed by atoms with E-state index in [2.05, 4.69) is 40.0 Å². The van der Waals surface area contributed by atoms with E-state index in [1.807, 2.05) is 12.1 Å². The van der Waals surface area contributed by atoms with Crippen LogP contribution in [0.5, 0.6) is 0 Å². The molecule has 11 heteroatoms. The second-order valence-electron chi connectivity index (χ2n) is 7.42. The first-order valence-corrected chi connectivity index (χ1v) is 10.0. The van der Waals surface area contributed by atoms with E-state index >= 15 is 0 Å². The van der Waals surface area contributed by atoms with Crippen LogP contribution in [0.2, 0.25) is 0 Å². The maximum atomic E-state index is 12.6. The summed E-state index contributed by atoms with van der Waals surface area (Å²) in [5.74, 6) is -2.92. The minimum atomic E-state index is -5.08. The Balaban J connectivity index is 0.000000406. The number of aromatic nitrogens is 2. The Labute approximate surface area is 192 Å². The summed E-state index contributed by atoms with van der Waals surface area (Å²) < 4.78 is 33.3. The minimum absolute atomic E-state index is 0.163. The third kappa shape index (κ3) is 5.99. The lowest BCUT2D eigenvalue weighted by Gasteiger charge is -2.07. The van der Waals surface area contributed by atoms with Gasteiger partial charge in [-0.05, 0) is 34.9 Å². The Kier molecular flexibility index (Phi) is 7.33. The largest absolute Gasteiger partial charge is 0.490 e. The van der Waals surface area contributed by atoms with Gasteiger partial charge in [-0.1, -0.05) is 30.3 Å². The first-order chi connectivity index (χ1) is 16.1. The number of aryl methyl sites for hydroxylation is 1. The van der Waals surface area contributed by atoms with Gasteiger partial charge in [0, 0.05) is 32.2 Å². The molecule has 2 aromatic carbocycles. The van der Waals surface area contributed by atoms with Gasteiger partial charge in [0.2, 0.25) is 0 Å². The summed E-state index contributed by atoms with van der Waals surface area (Å²) in [6.45, 7) is 2.27. The number of carboxylic acids is 1. The molecule has 3 aromatic rings. The molecule has 4 rings (SSSR count). The highest BCUT2D eigenvalue weighted by Crippen LogP contribution is 2.20. The van der Waals surface area contributed by atoms with Crippen molar-refractivity contribution in [3.63, 3.8) is 0 Å². The number of alkyl halides is 3. The Bertz CT molecular complexity index is 1240. The molecule has 0 aliphatic carbocycles. The average molecular weight is 471 g/mol. The van der Waals surface area contributed by atoms with Gasteiger partial charge in [-0.15, -0.1) is 0 Å². The van der Waals surface area contributed by atoms with Crippen molar-refractivity contribution in [2.24, 2.45) is 7.05 Å². The van der Waals surface area contributed by atoms with Gasteiger partial charge < -0.3 is 15.7 Å². The molecule has 8 nitrogen and oxygen atoms in total. The Morgan fingerprint density at radius 2 is 1.79 bits per heavy atom. The Morgan fingerprint density at radius 3 is 2.41 bits per heavy atom. The van der Waals surface area contributed by atoms with Crippen LogP contribution in [-0.4, -0.2) is 32.9 Å². The number of hydrogen-bond donors (Lipinski definition) is 3. The zero-order chi connectivity index (χ0) is 24.9. The van der Waals surface area contributed by atoms with Crippen LogP contribution in [0, 0.1) is 11.3 Å². The zero-order valence-electron chi connectivity index (χ0n) is 18.0. The number of carbonyl (C=O) groups is 2. The first kappa shape index (κ1) is 24.5. The molecule has 0 saturated carbocycles. The second kappa shape index (κ2) is 10.2. The van der Waals surface area contributed by atoms with Crippen molar-refractivity contribution < 1.29 is 27.9 Å². The van der Waals surface area contributed by atoms with E-state index in [0.29, 0.717) is 23.5 Å². The summed E-state index contributed by atoms with van der Waals surface area (Å²) in [6, 6.07) is 17.3. The third-order valence-electron chi connectivity index (χ3n) is 5.02. The van der Waals surface area contributed by atoms with Crippen LogP contribution in [0.4, 0.5) is 13.2 Å². The molecule has 0 bridgehead atoms. The molecule has 176 valence electrons. The number of rotatable bonds is 4. The predicted octanol–water partition coefficient (Wildman–Crippen LogP) is 3.13. The maximum absolute atomic E-state index is 12.6. The molecule has 0 fully saturated rings. The zero-order valence-corrected chi connectivity index (χ0v) is 18.0. The molecule has 1 aromatic heterocycles. The van der Waals surface area contributed by atoms with E-state index in [-0.39, 0.29) is 5.91 Å². The molecule has 0 saturated heterocycles. The summed E-state index contributed by atoms with van der Waals surface area (Å²) in [6.07, 6.45) is -5.08. The molecular weight excluding hydrogens is 451 g/mol. The Morgan fingerprint density at radius 1 is 1.15 bits per heavy atom. The van der Waals surface area contributed by atoms with Gasteiger partial charge in [0.25, 0.3) is 5.91 Å². The van der Waals surface area contributed by atoms with Crippen LogP contribution in [0.1, 0.15) is 32.7 Å². The monoisotopic (exact) mass is 471 g/mol. The molecule has 0 atom stereocenters. The molecule has 34 heavy (non-hydrogen) atoms. The van der Waals surface area contributed by atoms with Crippen molar-refractivity contribution in [1.29, 1.82) is 5.26 Å². The number of nitrogens with one attached hydrogen (secondary N) is 2. The van der Waals surface area contributed by atoms with Gasteiger partial charge in [0.05, 0.1) is 17.3 Å². The summed E-state index contributed by atoms with van der Waals surface area (Å²) >= 11 is 0. The van der Waals surface area contributed by atoms with E-state index in [0.717, 1.165) is 24.2 Å². The lowest BCUT2D eigenvalue weighted by atomic mass is 10.1. The lowest BCUT2D eigenvalue weighted by Crippen LogP contribution is -2.25. The van der Waals surface area contributed by atoms with Crippen LogP contribution in [-0.2, 0) is 31.5 Å².